The Bertz CT molecular complexity index is 951. The molecule has 2 rings (SSSR count). The highest BCUT2D eigenvalue weighted by Gasteiger charge is 2.37. The number of benzene rings is 2. The van der Waals surface area contributed by atoms with E-state index in [-0.39, 0.29) is 12.8 Å². The normalized spacial score (nSPS) is 13.5. The summed E-state index contributed by atoms with van der Waals surface area (Å²) in [5.74, 6) is -1.46. The number of nitrogens with zero attached hydrogens (tertiary/aromatic N) is 2. The van der Waals surface area contributed by atoms with Crippen LogP contribution >= 0.6 is 0 Å². The lowest BCUT2D eigenvalue weighted by molar-refractivity contribution is -0.143. The predicted octanol–water partition coefficient (Wildman–Crippen LogP) is 3.58. The maximum absolute atomic E-state index is 13.6. The Morgan fingerprint density at radius 1 is 1.03 bits per heavy atom. The molecule has 0 aliphatic carbocycles. The van der Waals surface area contributed by atoms with Gasteiger partial charge < -0.3 is 14.9 Å². The molecule has 3 amide bonds. The number of imide groups is 1. The Hall–Kier alpha value is -3.04. The number of aliphatic hydroxyl groups excluding tert-OH is 2. The number of hydrogen-bond donors (Lipinski definition) is 2. The van der Waals surface area contributed by atoms with Gasteiger partial charge in [0.15, 0.2) is 0 Å². The zero-order valence-electron chi connectivity index (χ0n) is 21.4. The maximum Gasteiger partial charge on any atom is 0.350 e. The predicted molar refractivity (Wildman–Crippen MR) is 138 cm³/mol. The molecule has 0 aliphatic rings. The highest BCUT2D eigenvalue weighted by Crippen LogP contribution is 2.22. The number of carbonyl (C=O) groups excluding carboxylic acids is 2. The van der Waals surface area contributed by atoms with Gasteiger partial charge in [0.25, 0.3) is 0 Å². The van der Waals surface area contributed by atoms with Crippen LogP contribution in [-0.4, -0.2) is 71.6 Å². The van der Waals surface area contributed by atoms with Crippen molar-refractivity contribution in [1.82, 2.24) is 9.96 Å². The van der Waals surface area contributed by atoms with E-state index in [0.29, 0.717) is 19.6 Å². The molecule has 3 atom stereocenters. The molecule has 0 fully saturated rings. The van der Waals surface area contributed by atoms with E-state index in [1.54, 1.807) is 0 Å². The molecule has 36 heavy (non-hydrogen) atoms. The van der Waals surface area contributed by atoms with Crippen LogP contribution in [0.4, 0.5) is 4.79 Å². The lowest BCUT2D eigenvalue weighted by Crippen LogP contribution is -2.55. The minimum Gasteiger partial charge on any atom is -0.394 e. The van der Waals surface area contributed by atoms with Crippen molar-refractivity contribution in [2.75, 3.05) is 27.4 Å². The number of ether oxygens (including phenoxy) is 1. The molecule has 0 radical (unpaired) electrons. The summed E-state index contributed by atoms with van der Waals surface area (Å²) in [5, 5.41) is 21.5. The molecule has 0 unspecified atom stereocenters. The summed E-state index contributed by atoms with van der Waals surface area (Å²) in [6.07, 6.45) is -0.0528. The van der Waals surface area contributed by atoms with Gasteiger partial charge in [-0.2, -0.15) is 0 Å². The molecule has 8 heteroatoms. The number of rotatable bonds is 14. The second kappa shape index (κ2) is 15.2. The molecule has 196 valence electrons. The van der Waals surface area contributed by atoms with Crippen LogP contribution in [0, 0.1) is 5.92 Å². The third-order valence-corrected chi connectivity index (χ3v) is 6.00. The van der Waals surface area contributed by atoms with Crippen molar-refractivity contribution in [3.8, 4) is 0 Å². The standard InChI is InChI=1S/C28H38N2O6/c1-21(19-36-20-24-13-9-6-10-14-24)15-16-26(22(2)32)27(33)30(28(34)29(3)35-4)25(18-31)17-23-11-7-5-8-12-23/h5-14,22,25-26,31-32H,1,15-20H2,2-4H3/t22-,25+,26+/m1/s1. The van der Waals surface area contributed by atoms with Gasteiger partial charge in [0.05, 0.1) is 45.0 Å². The van der Waals surface area contributed by atoms with E-state index in [0.717, 1.165) is 26.7 Å². The van der Waals surface area contributed by atoms with Gasteiger partial charge in [-0.05, 0) is 37.3 Å². The second-order valence-electron chi connectivity index (χ2n) is 8.81. The smallest absolute Gasteiger partial charge is 0.350 e. The summed E-state index contributed by atoms with van der Waals surface area (Å²) in [6.45, 7) is 5.89. The molecular weight excluding hydrogens is 460 g/mol. The van der Waals surface area contributed by atoms with E-state index < -0.39 is 36.6 Å². The first-order valence-corrected chi connectivity index (χ1v) is 12.0. The number of hydrogen-bond acceptors (Lipinski definition) is 6. The summed E-state index contributed by atoms with van der Waals surface area (Å²) >= 11 is 0. The third kappa shape index (κ3) is 8.87. The van der Waals surface area contributed by atoms with Crippen molar-refractivity contribution in [1.29, 1.82) is 0 Å². The fraction of sp³-hybridized carbons (Fsp3) is 0.429. The van der Waals surface area contributed by atoms with Crippen LogP contribution in [0.25, 0.3) is 0 Å². The first kappa shape index (κ1) is 29.2. The van der Waals surface area contributed by atoms with Crippen molar-refractivity contribution >= 4 is 11.9 Å². The maximum atomic E-state index is 13.6. The minimum atomic E-state index is -1.02. The van der Waals surface area contributed by atoms with Gasteiger partial charge >= 0.3 is 6.03 Å². The molecule has 0 saturated carbocycles. The molecule has 0 saturated heterocycles. The van der Waals surface area contributed by atoms with Crippen LogP contribution < -0.4 is 0 Å². The summed E-state index contributed by atoms with van der Waals surface area (Å²) in [6, 6.07) is 17.5. The SMILES string of the molecule is C=C(CC[C@H](C(=O)N(C(=O)N(C)OC)[C@H](CO)Cc1ccccc1)[C@@H](C)O)COCc1ccccc1. The quantitative estimate of drug-likeness (QED) is 0.305. The van der Waals surface area contributed by atoms with Gasteiger partial charge in [-0.3, -0.25) is 14.5 Å². The molecule has 0 heterocycles. The molecule has 0 spiro atoms. The van der Waals surface area contributed by atoms with Crippen molar-refractivity contribution in [2.24, 2.45) is 5.92 Å². The summed E-state index contributed by atoms with van der Waals surface area (Å²) in [7, 11) is 2.71. The van der Waals surface area contributed by atoms with E-state index in [1.165, 1.54) is 21.1 Å². The van der Waals surface area contributed by atoms with Crippen LogP contribution in [0.15, 0.2) is 72.8 Å². The van der Waals surface area contributed by atoms with Crippen LogP contribution in [0.2, 0.25) is 0 Å². The Kier molecular flexibility index (Phi) is 12.3. The van der Waals surface area contributed by atoms with Gasteiger partial charge in [0.1, 0.15) is 0 Å². The average Bonchev–Trinajstić information content (AvgIpc) is 2.88. The van der Waals surface area contributed by atoms with Crippen molar-refractivity contribution in [3.63, 3.8) is 0 Å². The fourth-order valence-corrected chi connectivity index (χ4v) is 3.85. The van der Waals surface area contributed by atoms with E-state index in [1.807, 2.05) is 60.7 Å². The summed E-state index contributed by atoms with van der Waals surface area (Å²) < 4.78 is 5.72. The first-order valence-electron chi connectivity index (χ1n) is 12.0. The average molecular weight is 499 g/mol. The second-order valence-corrected chi connectivity index (χ2v) is 8.81. The Morgan fingerprint density at radius 3 is 2.14 bits per heavy atom. The molecule has 8 nitrogen and oxygen atoms in total. The van der Waals surface area contributed by atoms with Crippen molar-refractivity contribution in [3.05, 3.63) is 83.9 Å². The number of carbonyl (C=O) groups is 2. The molecule has 2 N–H and O–H groups in total. The number of aliphatic hydroxyl groups is 2. The van der Waals surface area contributed by atoms with Crippen LogP contribution in [0.5, 0.6) is 0 Å². The van der Waals surface area contributed by atoms with Gasteiger partial charge in [-0.25, -0.2) is 9.86 Å². The molecular formula is C28H38N2O6. The molecule has 0 aliphatic heterocycles. The monoisotopic (exact) mass is 498 g/mol. The van der Waals surface area contributed by atoms with Gasteiger partial charge in [0, 0.05) is 7.05 Å². The van der Waals surface area contributed by atoms with E-state index in [9.17, 15) is 19.8 Å². The number of amides is 3. The van der Waals surface area contributed by atoms with Gasteiger partial charge in [-0.15, -0.1) is 0 Å². The van der Waals surface area contributed by atoms with Crippen molar-refractivity contribution in [2.45, 2.75) is 44.9 Å². The minimum absolute atomic E-state index is 0.263. The first-order chi connectivity index (χ1) is 17.3. The van der Waals surface area contributed by atoms with Gasteiger partial charge in [0.2, 0.25) is 5.91 Å². The topological polar surface area (TPSA) is 99.5 Å². The highest BCUT2D eigenvalue weighted by molar-refractivity contribution is 5.96. The molecule has 2 aromatic rings. The molecule has 0 bridgehead atoms. The number of hydroxylamine groups is 2. The zero-order chi connectivity index (χ0) is 26.5. The van der Waals surface area contributed by atoms with Gasteiger partial charge in [-0.1, -0.05) is 72.8 Å². The van der Waals surface area contributed by atoms with Crippen LogP contribution in [-0.2, 0) is 27.4 Å². The lowest BCUT2D eigenvalue weighted by atomic mass is 9.93. The molecule has 0 aromatic heterocycles. The zero-order valence-corrected chi connectivity index (χ0v) is 21.4. The third-order valence-electron chi connectivity index (χ3n) is 6.00. The van der Waals surface area contributed by atoms with Crippen LogP contribution in [0.1, 0.15) is 30.9 Å². The summed E-state index contributed by atoms with van der Waals surface area (Å²) in [5.41, 5.74) is 2.69. The van der Waals surface area contributed by atoms with E-state index in [2.05, 4.69) is 6.58 Å². The molecule has 2 aromatic carbocycles. The van der Waals surface area contributed by atoms with Crippen LogP contribution in [0.3, 0.4) is 0 Å². The fourth-order valence-electron chi connectivity index (χ4n) is 3.85. The largest absolute Gasteiger partial charge is 0.394 e. The van der Waals surface area contributed by atoms with E-state index >= 15 is 0 Å². The van der Waals surface area contributed by atoms with Crippen molar-refractivity contribution < 1.29 is 29.4 Å². The Morgan fingerprint density at radius 2 is 1.61 bits per heavy atom. The number of urea groups is 1. The Labute approximate surface area is 213 Å². The van der Waals surface area contributed by atoms with E-state index in [4.69, 9.17) is 9.57 Å². The highest BCUT2D eigenvalue weighted by atomic mass is 16.7. The summed E-state index contributed by atoms with van der Waals surface area (Å²) in [4.78, 5) is 32.8. The lowest BCUT2D eigenvalue weighted by Gasteiger charge is -2.34. The Balaban J connectivity index is 2.10.